The summed E-state index contributed by atoms with van der Waals surface area (Å²) in [6, 6.07) is 0.136. The number of methoxy groups -OCH3 is 1. The third-order valence-corrected chi connectivity index (χ3v) is 1.88. The van der Waals surface area contributed by atoms with Crippen LogP contribution < -0.4 is 5.73 Å². The minimum atomic E-state index is 0.136. The Morgan fingerprint density at radius 3 is 2.55 bits per heavy atom. The number of ether oxygens (including phenoxy) is 1. The van der Waals surface area contributed by atoms with Gasteiger partial charge in [-0.3, -0.25) is 0 Å². The van der Waals surface area contributed by atoms with Gasteiger partial charge in [-0.15, -0.1) is 6.58 Å². The first-order valence-corrected chi connectivity index (χ1v) is 4.00. The van der Waals surface area contributed by atoms with E-state index in [2.05, 4.69) is 6.58 Å². The fraction of sp³-hybridized carbons (Fsp3) is 0.778. The third-order valence-electron chi connectivity index (χ3n) is 1.88. The molecule has 2 nitrogen and oxygen atoms in total. The first kappa shape index (κ1) is 10.7. The molecule has 66 valence electrons. The Kier molecular flexibility index (Phi) is 5.16. The fourth-order valence-electron chi connectivity index (χ4n) is 0.823. The molecule has 0 spiro atoms. The van der Waals surface area contributed by atoms with Crippen molar-refractivity contribution in [1.82, 2.24) is 0 Å². The highest BCUT2D eigenvalue weighted by atomic mass is 16.5. The summed E-state index contributed by atoms with van der Waals surface area (Å²) in [5.74, 6) is 0. The van der Waals surface area contributed by atoms with Crippen molar-refractivity contribution in [3.8, 4) is 0 Å². The molecule has 0 saturated carbocycles. The van der Waals surface area contributed by atoms with Gasteiger partial charge in [0.25, 0.3) is 0 Å². The van der Waals surface area contributed by atoms with Gasteiger partial charge in [0.1, 0.15) is 0 Å². The van der Waals surface area contributed by atoms with E-state index in [0.29, 0.717) is 0 Å². The SMILES string of the molecule is C=C(C)CCC(N)C(C)OC. The number of allylic oxidation sites excluding steroid dienone is 1. The van der Waals surface area contributed by atoms with Gasteiger partial charge in [-0.2, -0.15) is 0 Å². The Morgan fingerprint density at radius 2 is 2.18 bits per heavy atom. The van der Waals surface area contributed by atoms with E-state index in [-0.39, 0.29) is 12.1 Å². The van der Waals surface area contributed by atoms with E-state index in [1.165, 1.54) is 5.57 Å². The van der Waals surface area contributed by atoms with Gasteiger partial charge in [-0.25, -0.2) is 0 Å². The molecule has 2 atom stereocenters. The van der Waals surface area contributed by atoms with Crippen LogP contribution in [0.2, 0.25) is 0 Å². The smallest absolute Gasteiger partial charge is 0.0694 e. The van der Waals surface area contributed by atoms with Gasteiger partial charge in [0.2, 0.25) is 0 Å². The number of nitrogens with two attached hydrogens (primary N) is 1. The summed E-state index contributed by atoms with van der Waals surface area (Å²) in [5, 5.41) is 0. The second kappa shape index (κ2) is 5.33. The van der Waals surface area contributed by atoms with Crippen molar-refractivity contribution in [2.24, 2.45) is 5.73 Å². The Morgan fingerprint density at radius 1 is 1.64 bits per heavy atom. The summed E-state index contributed by atoms with van der Waals surface area (Å²) in [6.45, 7) is 7.82. The van der Waals surface area contributed by atoms with E-state index >= 15 is 0 Å². The maximum Gasteiger partial charge on any atom is 0.0694 e. The molecular formula is C9H19NO. The lowest BCUT2D eigenvalue weighted by atomic mass is 10.0. The van der Waals surface area contributed by atoms with Crippen molar-refractivity contribution in [1.29, 1.82) is 0 Å². The second-order valence-corrected chi connectivity index (χ2v) is 3.10. The van der Waals surface area contributed by atoms with E-state index in [1.807, 2.05) is 13.8 Å². The number of rotatable bonds is 5. The van der Waals surface area contributed by atoms with E-state index < -0.39 is 0 Å². The summed E-state index contributed by atoms with van der Waals surface area (Å²) >= 11 is 0. The summed E-state index contributed by atoms with van der Waals surface area (Å²) in [4.78, 5) is 0. The molecule has 0 saturated heterocycles. The van der Waals surface area contributed by atoms with E-state index in [4.69, 9.17) is 10.5 Å². The van der Waals surface area contributed by atoms with Crippen molar-refractivity contribution < 1.29 is 4.74 Å². The van der Waals surface area contributed by atoms with Crippen LogP contribution in [0, 0.1) is 0 Å². The van der Waals surface area contributed by atoms with Crippen molar-refractivity contribution in [3.63, 3.8) is 0 Å². The maximum atomic E-state index is 5.81. The minimum absolute atomic E-state index is 0.136. The first-order chi connectivity index (χ1) is 5.07. The van der Waals surface area contributed by atoms with Crippen LogP contribution >= 0.6 is 0 Å². The zero-order valence-corrected chi connectivity index (χ0v) is 7.76. The minimum Gasteiger partial charge on any atom is -0.380 e. The Bertz CT molecular complexity index is 123. The molecule has 0 aliphatic heterocycles. The highest BCUT2D eigenvalue weighted by molar-refractivity contribution is 4.89. The first-order valence-electron chi connectivity index (χ1n) is 4.00. The van der Waals surface area contributed by atoms with Gasteiger partial charge in [-0.05, 0) is 26.7 Å². The lowest BCUT2D eigenvalue weighted by Gasteiger charge is -2.17. The van der Waals surface area contributed by atoms with Gasteiger partial charge in [0, 0.05) is 13.2 Å². The van der Waals surface area contributed by atoms with Crippen LogP contribution in [0.1, 0.15) is 26.7 Å². The molecule has 0 rings (SSSR count). The van der Waals surface area contributed by atoms with Crippen LogP contribution in [-0.4, -0.2) is 19.3 Å². The van der Waals surface area contributed by atoms with Crippen molar-refractivity contribution in [3.05, 3.63) is 12.2 Å². The molecule has 0 heterocycles. The predicted molar refractivity (Wildman–Crippen MR) is 48.5 cm³/mol. The molecule has 2 N–H and O–H groups in total. The Hall–Kier alpha value is -0.340. The molecular weight excluding hydrogens is 138 g/mol. The zero-order chi connectivity index (χ0) is 8.85. The highest BCUT2D eigenvalue weighted by Gasteiger charge is 2.10. The monoisotopic (exact) mass is 157 g/mol. The molecule has 11 heavy (non-hydrogen) atoms. The van der Waals surface area contributed by atoms with Crippen LogP contribution in [0.4, 0.5) is 0 Å². The molecule has 0 fully saturated rings. The molecule has 0 aromatic rings. The molecule has 2 heteroatoms. The highest BCUT2D eigenvalue weighted by Crippen LogP contribution is 2.06. The largest absolute Gasteiger partial charge is 0.380 e. The quantitative estimate of drug-likeness (QED) is 0.616. The fourth-order valence-corrected chi connectivity index (χ4v) is 0.823. The van der Waals surface area contributed by atoms with Crippen LogP contribution in [0.3, 0.4) is 0 Å². The average Bonchev–Trinajstić information content (AvgIpc) is 1.98. The lowest BCUT2D eigenvalue weighted by molar-refractivity contribution is 0.0930. The molecule has 0 radical (unpaired) electrons. The average molecular weight is 157 g/mol. The van der Waals surface area contributed by atoms with Gasteiger partial charge in [0.05, 0.1) is 6.10 Å². The van der Waals surface area contributed by atoms with Crippen molar-refractivity contribution in [2.75, 3.05) is 7.11 Å². The van der Waals surface area contributed by atoms with Crippen LogP contribution in [0.15, 0.2) is 12.2 Å². The summed E-state index contributed by atoms with van der Waals surface area (Å²) in [5.41, 5.74) is 6.99. The van der Waals surface area contributed by atoms with Crippen LogP contribution in [-0.2, 0) is 4.74 Å². The predicted octanol–water partition coefficient (Wildman–Crippen LogP) is 1.70. The Balaban J connectivity index is 3.51. The van der Waals surface area contributed by atoms with Crippen molar-refractivity contribution >= 4 is 0 Å². The lowest BCUT2D eigenvalue weighted by Crippen LogP contribution is -2.33. The van der Waals surface area contributed by atoms with Crippen molar-refractivity contribution in [2.45, 2.75) is 38.8 Å². The molecule has 0 bridgehead atoms. The van der Waals surface area contributed by atoms with Gasteiger partial charge in [0.15, 0.2) is 0 Å². The molecule has 2 unspecified atom stereocenters. The molecule has 0 aromatic heterocycles. The second-order valence-electron chi connectivity index (χ2n) is 3.10. The van der Waals surface area contributed by atoms with Gasteiger partial charge >= 0.3 is 0 Å². The normalized spacial score (nSPS) is 16.0. The number of hydrogen-bond acceptors (Lipinski definition) is 2. The van der Waals surface area contributed by atoms with E-state index in [9.17, 15) is 0 Å². The standard InChI is InChI=1S/C9H19NO/c1-7(2)5-6-9(10)8(3)11-4/h8-9H,1,5-6,10H2,2-4H3. The topological polar surface area (TPSA) is 35.2 Å². The van der Waals surface area contributed by atoms with Gasteiger partial charge in [-0.1, -0.05) is 5.57 Å². The summed E-state index contributed by atoms with van der Waals surface area (Å²) in [6.07, 6.45) is 2.11. The summed E-state index contributed by atoms with van der Waals surface area (Å²) < 4.78 is 5.09. The van der Waals surface area contributed by atoms with E-state index in [1.54, 1.807) is 7.11 Å². The van der Waals surface area contributed by atoms with Crippen LogP contribution in [0.5, 0.6) is 0 Å². The molecule has 0 aliphatic rings. The number of hydrogen-bond donors (Lipinski definition) is 1. The molecule has 0 amide bonds. The zero-order valence-electron chi connectivity index (χ0n) is 7.76. The van der Waals surface area contributed by atoms with E-state index in [0.717, 1.165) is 12.8 Å². The van der Waals surface area contributed by atoms with Crippen LogP contribution in [0.25, 0.3) is 0 Å². The maximum absolute atomic E-state index is 5.81. The Labute approximate surface area is 69.4 Å². The summed E-state index contributed by atoms with van der Waals surface area (Å²) in [7, 11) is 1.69. The molecule has 0 aromatic carbocycles. The molecule has 0 aliphatic carbocycles. The van der Waals surface area contributed by atoms with Gasteiger partial charge < -0.3 is 10.5 Å². The third kappa shape index (κ3) is 4.99.